The molecule has 1 aromatic rings. The van der Waals surface area contributed by atoms with E-state index in [1.54, 1.807) is 0 Å². The topological polar surface area (TPSA) is 17.8 Å². The molecule has 102 valence electrons. The van der Waals surface area contributed by atoms with Crippen LogP contribution in [0.15, 0.2) is 18.3 Å². The van der Waals surface area contributed by atoms with Gasteiger partial charge in [0, 0.05) is 17.8 Å². The Kier molecular flexibility index (Phi) is 7.33. The van der Waals surface area contributed by atoms with E-state index in [9.17, 15) is 0 Å². The summed E-state index contributed by atoms with van der Waals surface area (Å²) in [5, 5.41) is 4.49. The maximum atomic E-state index is 4.49. The van der Waals surface area contributed by atoms with Crippen LogP contribution in [-0.2, 0) is 0 Å². The predicted molar refractivity (Wildman–Crippen MR) is 82.5 cm³/mol. The summed E-state index contributed by atoms with van der Waals surface area (Å²) in [6.45, 7) is 18.6. The second-order valence-electron chi connectivity index (χ2n) is 4.79. The smallest absolute Gasteiger partial charge is 0.0917 e. The van der Waals surface area contributed by atoms with Crippen molar-refractivity contribution in [2.45, 2.75) is 54.5 Å². The Hall–Kier alpha value is -1.31. The van der Waals surface area contributed by atoms with E-state index in [4.69, 9.17) is 0 Å². The van der Waals surface area contributed by atoms with E-state index in [1.807, 2.05) is 24.6 Å². The second-order valence-corrected chi connectivity index (χ2v) is 4.79. The van der Waals surface area contributed by atoms with E-state index in [1.165, 1.54) is 5.57 Å². The maximum Gasteiger partial charge on any atom is 0.0917 e. The average Bonchev–Trinajstić information content (AvgIpc) is 2.74. The van der Waals surface area contributed by atoms with E-state index < -0.39 is 0 Å². The molecule has 0 aliphatic rings. The Bertz CT molecular complexity index is 395. The van der Waals surface area contributed by atoms with Gasteiger partial charge >= 0.3 is 0 Å². The normalized spacial score (nSPS) is 11.5. The summed E-state index contributed by atoms with van der Waals surface area (Å²) in [4.78, 5) is 0. The van der Waals surface area contributed by atoms with Crippen molar-refractivity contribution in [1.82, 2.24) is 9.78 Å². The molecule has 0 aliphatic carbocycles. The SMILES string of the molecule is C=Cc1nn(C(C)C)cc1/C=C(\C)C(C)C.CC. The lowest BCUT2D eigenvalue weighted by Crippen LogP contribution is -2.00. The molecule has 0 aromatic carbocycles. The fraction of sp³-hybridized carbons (Fsp3) is 0.562. The quantitative estimate of drug-likeness (QED) is 0.716. The molecule has 0 radical (unpaired) electrons. The van der Waals surface area contributed by atoms with Crippen molar-refractivity contribution in [1.29, 1.82) is 0 Å². The van der Waals surface area contributed by atoms with Crippen LogP contribution in [0.4, 0.5) is 0 Å². The van der Waals surface area contributed by atoms with Crippen LogP contribution in [0.25, 0.3) is 12.2 Å². The summed E-state index contributed by atoms with van der Waals surface area (Å²) in [5.74, 6) is 0.570. The van der Waals surface area contributed by atoms with Crippen LogP contribution in [0.5, 0.6) is 0 Å². The van der Waals surface area contributed by atoms with E-state index >= 15 is 0 Å². The molecule has 2 nitrogen and oxygen atoms in total. The average molecular weight is 248 g/mol. The number of hydrogen-bond donors (Lipinski definition) is 0. The summed E-state index contributed by atoms with van der Waals surface area (Å²) in [5.41, 5.74) is 3.50. The van der Waals surface area contributed by atoms with Gasteiger partial charge in [0.15, 0.2) is 0 Å². The first-order valence-corrected chi connectivity index (χ1v) is 6.85. The standard InChI is InChI=1S/C14H22N2.C2H6/c1-7-14-13(8-12(6)10(2)3)9-16(15-14)11(4)5;1-2/h7-11H,1H2,2-6H3;1-2H3/b12-8+;. The van der Waals surface area contributed by atoms with Gasteiger partial charge in [0.05, 0.1) is 5.69 Å². The molecular weight excluding hydrogens is 220 g/mol. The summed E-state index contributed by atoms with van der Waals surface area (Å²) in [6, 6.07) is 0.389. The van der Waals surface area contributed by atoms with Gasteiger partial charge in [-0.2, -0.15) is 5.10 Å². The Morgan fingerprint density at radius 2 is 1.83 bits per heavy atom. The molecule has 0 saturated heterocycles. The van der Waals surface area contributed by atoms with E-state index in [0.29, 0.717) is 12.0 Å². The van der Waals surface area contributed by atoms with Crippen LogP contribution in [0.1, 0.15) is 65.8 Å². The van der Waals surface area contributed by atoms with Crippen molar-refractivity contribution < 1.29 is 0 Å². The molecule has 0 amide bonds. The zero-order valence-corrected chi connectivity index (χ0v) is 13.0. The van der Waals surface area contributed by atoms with Gasteiger partial charge in [-0.1, -0.05) is 45.9 Å². The Balaban J connectivity index is 0.00000137. The van der Waals surface area contributed by atoms with E-state index in [0.717, 1.165) is 11.3 Å². The van der Waals surface area contributed by atoms with Crippen LogP contribution < -0.4 is 0 Å². The maximum absolute atomic E-state index is 4.49. The molecular formula is C16H28N2. The molecule has 0 saturated carbocycles. The van der Waals surface area contributed by atoms with Crippen molar-refractivity contribution in [3.63, 3.8) is 0 Å². The lowest BCUT2D eigenvalue weighted by Gasteiger charge is -2.04. The highest BCUT2D eigenvalue weighted by Gasteiger charge is 2.07. The number of rotatable bonds is 4. The highest BCUT2D eigenvalue weighted by Crippen LogP contribution is 2.19. The van der Waals surface area contributed by atoms with Gasteiger partial charge in [0.25, 0.3) is 0 Å². The second kappa shape index (κ2) is 7.91. The third kappa shape index (κ3) is 4.52. The summed E-state index contributed by atoms with van der Waals surface area (Å²) in [6.07, 6.45) is 6.11. The monoisotopic (exact) mass is 248 g/mol. The van der Waals surface area contributed by atoms with Crippen molar-refractivity contribution in [3.05, 3.63) is 29.6 Å². The van der Waals surface area contributed by atoms with E-state index in [-0.39, 0.29) is 0 Å². The minimum absolute atomic E-state index is 0.389. The summed E-state index contributed by atoms with van der Waals surface area (Å²) in [7, 11) is 0. The van der Waals surface area contributed by atoms with Gasteiger partial charge < -0.3 is 0 Å². The molecule has 18 heavy (non-hydrogen) atoms. The Labute approximate surface area is 112 Å². The van der Waals surface area contributed by atoms with Crippen LogP contribution in [0.2, 0.25) is 0 Å². The molecule has 0 atom stereocenters. The van der Waals surface area contributed by atoms with Gasteiger partial charge in [0.1, 0.15) is 0 Å². The number of hydrogen-bond acceptors (Lipinski definition) is 1. The molecule has 0 fully saturated rings. The molecule has 2 heteroatoms. The summed E-state index contributed by atoms with van der Waals surface area (Å²) < 4.78 is 1.98. The molecule has 1 heterocycles. The Morgan fingerprint density at radius 3 is 2.22 bits per heavy atom. The van der Waals surface area contributed by atoms with Gasteiger partial charge in [0.2, 0.25) is 0 Å². The van der Waals surface area contributed by atoms with Gasteiger partial charge in [-0.05, 0) is 32.8 Å². The van der Waals surface area contributed by atoms with Gasteiger partial charge in [-0.25, -0.2) is 0 Å². The minimum Gasteiger partial charge on any atom is -0.269 e. The molecule has 1 rings (SSSR count). The predicted octanol–water partition coefficient (Wildman–Crippen LogP) is 5.19. The Morgan fingerprint density at radius 1 is 1.28 bits per heavy atom. The third-order valence-corrected chi connectivity index (χ3v) is 2.81. The number of allylic oxidation sites excluding steroid dienone is 1. The fourth-order valence-electron chi connectivity index (χ4n) is 1.37. The van der Waals surface area contributed by atoms with Crippen molar-refractivity contribution >= 4 is 12.2 Å². The van der Waals surface area contributed by atoms with E-state index in [2.05, 4.69) is 58.6 Å². The van der Waals surface area contributed by atoms with Crippen LogP contribution >= 0.6 is 0 Å². The largest absolute Gasteiger partial charge is 0.269 e. The number of nitrogens with zero attached hydrogens (tertiary/aromatic N) is 2. The lowest BCUT2D eigenvalue weighted by molar-refractivity contribution is 0.531. The summed E-state index contributed by atoms with van der Waals surface area (Å²) >= 11 is 0. The highest BCUT2D eigenvalue weighted by atomic mass is 15.3. The number of aromatic nitrogens is 2. The molecule has 0 bridgehead atoms. The minimum atomic E-state index is 0.389. The first-order chi connectivity index (χ1) is 8.45. The van der Waals surface area contributed by atoms with Crippen molar-refractivity contribution in [3.8, 4) is 0 Å². The van der Waals surface area contributed by atoms with Crippen LogP contribution in [0.3, 0.4) is 0 Å². The van der Waals surface area contributed by atoms with Gasteiger partial charge in [-0.3, -0.25) is 4.68 Å². The van der Waals surface area contributed by atoms with Crippen molar-refractivity contribution in [2.75, 3.05) is 0 Å². The third-order valence-electron chi connectivity index (χ3n) is 2.81. The molecule has 0 unspecified atom stereocenters. The first kappa shape index (κ1) is 16.7. The zero-order chi connectivity index (χ0) is 14.3. The highest BCUT2D eigenvalue weighted by molar-refractivity contribution is 5.62. The van der Waals surface area contributed by atoms with Crippen LogP contribution in [0, 0.1) is 5.92 Å². The van der Waals surface area contributed by atoms with Crippen molar-refractivity contribution in [2.24, 2.45) is 5.92 Å². The molecule has 0 spiro atoms. The molecule has 1 aromatic heterocycles. The molecule has 0 aliphatic heterocycles. The fourth-order valence-corrected chi connectivity index (χ4v) is 1.37. The van der Waals surface area contributed by atoms with Crippen LogP contribution in [-0.4, -0.2) is 9.78 Å². The van der Waals surface area contributed by atoms with Gasteiger partial charge in [-0.15, -0.1) is 0 Å². The molecule has 0 N–H and O–H groups in total. The first-order valence-electron chi connectivity index (χ1n) is 6.85. The zero-order valence-electron chi connectivity index (χ0n) is 13.0. The lowest BCUT2D eigenvalue weighted by atomic mass is 10.0.